The SMILES string of the molecule is Cc1ccc(NC(=O)N(Cc2csc(COc3ccccc3C)n2)CC(C)C)cc1. The first kappa shape index (κ1) is 21.8. The maximum Gasteiger partial charge on any atom is 0.322 e. The third-order valence-electron chi connectivity index (χ3n) is 4.57. The molecule has 1 heterocycles. The van der Waals surface area contributed by atoms with Gasteiger partial charge in [-0.3, -0.25) is 0 Å². The van der Waals surface area contributed by atoms with Crippen LogP contribution in [0.25, 0.3) is 0 Å². The summed E-state index contributed by atoms with van der Waals surface area (Å²) >= 11 is 1.56. The summed E-state index contributed by atoms with van der Waals surface area (Å²) in [5.74, 6) is 1.23. The lowest BCUT2D eigenvalue weighted by atomic mass is 10.2. The van der Waals surface area contributed by atoms with Crippen LogP contribution in [0.4, 0.5) is 10.5 Å². The fraction of sp³-hybridized carbons (Fsp3) is 0.333. The minimum Gasteiger partial charge on any atom is -0.486 e. The van der Waals surface area contributed by atoms with Gasteiger partial charge in [0.15, 0.2) is 0 Å². The molecule has 0 fully saturated rings. The maximum atomic E-state index is 12.9. The van der Waals surface area contributed by atoms with Gasteiger partial charge < -0.3 is 15.0 Å². The number of aromatic nitrogens is 1. The van der Waals surface area contributed by atoms with Gasteiger partial charge in [-0.25, -0.2) is 9.78 Å². The Morgan fingerprint density at radius 3 is 2.57 bits per heavy atom. The van der Waals surface area contributed by atoms with Gasteiger partial charge >= 0.3 is 6.03 Å². The number of nitrogens with zero attached hydrogens (tertiary/aromatic N) is 2. The first-order valence-electron chi connectivity index (χ1n) is 10.1. The number of nitrogens with one attached hydrogen (secondary N) is 1. The molecule has 0 spiro atoms. The fourth-order valence-electron chi connectivity index (χ4n) is 3.04. The summed E-state index contributed by atoms with van der Waals surface area (Å²) in [7, 11) is 0. The van der Waals surface area contributed by atoms with Crippen LogP contribution in [0.1, 0.15) is 35.7 Å². The molecule has 0 bridgehead atoms. The van der Waals surface area contributed by atoms with Crippen molar-refractivity contribution in [3.63, 3.8) is 0 Å². The number of anilines is 1. The Labute approximate surface area is 182 Å². The molecule has 6 heteroatoms. The lowest BCUT2D eigenvalue weighted by Crippen LogP contribution is -2.37. The van der Waals surface area contributed by atoms with Crippen molar-refractivity contribution < 1.29 is 9.53 Å². The maximum absolute atomic E-state index is 12.9. The summed E-state index contributed by atoms with van der Waals surface area (Å²) < 4.78 is 5.90. The Kier molecular flexibility index (Phi) is 7.46. The molecular weight excluding hydrogens is 394 g/mol. The monoisotopic (exact) mass is 423 g/mol. The first-order chi connectivity index (χ1) is 14.4. The second-order valence-corrected chi connectivity index (χ2v) is 8.80. The Morgan fingerprint density at radius 2 is 1.87 bits per heavy atom. The Morgan fingerprint density at radius 1 is 1.13 bits per heavy atom. The minimum absolute atomic E-state index is 0.113. The number of urea groups is 1. The average molecular weight is 424 g/mol. The van der Waals surface area contributed by atoms with E-state index in [1.54, 1.807) is 11.3 Å². The van der Waals surface area contributed by atoms with Crippen LogP contribution in [-0.4, -0.2) is 22.5 Å². The molecule has 1 N–H and O–H groups in total. The van der Waals surface area contributed by atoms with Crippen LogP contribution >= 0.6 is 11.3 Å². The highest BCUT2D eigenvalue weighted by Crippen LogP contribution is 2.20. The number of hydrogen-bond acceptors (Lipinski definition) is 4. The quantitative estimate of drug-likeness (QED) is 0.481. The van der Waals surface area contributed by atoms with Crippen LogP contribution in [0.3, 0.4) is 0 Å². The van der Waals surface area contributed by atoms with Crippen molar-refractivity contribution in [2.75, 3.05) is 11.9 Å². The molecule has 30 heavy (non-hydrogen) atoms. The normalized spacial score (nSPS) is 10.8. The smallest absolute Gasteiger partial charge is 0.322 e. The highest BCUT2D eigenvalue weighted by Gasteiger charge is 2.17. The topological polar surface area (TPSA) is 54.5 Å². The molecule has 1 aromatic heterocycles. The number of thiazole rings is 1. The molecule has 0 atom stereocenters. The Balaban J connectivity index is 1.62. The van der Waals surface area contributed by atoms with Crippen molar-refractivity contribution in [2.45, 2.75) is 40.8 Å². The summed E-state index contributed by atoms with van der Waals surface area (Å²) in [5, 5.41) is 5.90. The second-order valence-electron chi connectivity index (χ2n) is 7.86. The number of para-hydroxylation sites is 1. The fourth-order valence-corrected chi connectivity index (χ4v) is 3.74. The lowest BCUT2D eigenvalue weighted by Gasteiger charge is -2.24. The van der Waals surface area contributed by atoms with Gasteiger partial charge in [-0.15, -0.1) is 11.3 Å². The van der Waals surface area contributed by atoms with Gasteiger partial charge in [0.1, 0.15) is 17.4 Å². The van der Waals surface area contributed by atoms with Crippen molar-refractivity contribution in [1.29, 1.82) is 0 Å². The molecule has 5 nitrogen and oxygen atoms in total. The van der Waals surface area contributed by atoms with E-state index in [1.807, 2.05) is 72.7 Å². The van der Waals surface area contributed by atoms with Crippen molar-refractivity contribution in [1.82, 2.24) is 9.88 Å². The highest BCUT2D eigenvalue weighted by molar-refractivity contribution is 7.09. The van der Waals surface area contributed by atoms with E-state index in [-0.39, 0.29) is 6.03 Å². The molecule has 0 aliphatic heterocycles. The molecule has 0 unspecified atom stereocenters. The van der Waals surface area contributed by atoms with Crippen molar-refractivity contribution in [3.8, 4) is 5.75 Å². The van der Waals surface area contributed by atoms with Crippen molar-refractivity contribution in [3.05, 3.63) is 75.7 Å². The molecule has 2 amide bonds. The van der Waals surface area contributed by atoms with Gasteiger partial charge in [0, 0.05) is 17.6 Å². The molecule has 0 saturated carbocycles. The van der Waals surface area contributed by atoms with Gasteiger partial charge in [0.05, 0.1) is 12.2 Å². The zero-order valence-electron chi connectivity index (χ0n) is 18.0. The Bertz CT molecular complexity index is 967. The van der Waals surface area contributed by atoms with Crippen LogP contribution in [0.15, 0.2) is 53.9 Å². The molecule has 3 aromatic rings. The number of benzene rings is 2. The first-order valence-corrected chi connectivity index (χ1v) is 11.0. The number of carbonyl (C=O) groups is 1. The molecule has 0 saturated heterocycles. The van der Waals surface area contributed by atoms with E-state index in [9.17, 15) is 4.79 Å². The van der Waals surface area contributed by atoms with Crippen LogP contribution in [0.2, 0.25) is 0 Å². The number of hydrogen-bond donors (Lipinski definition) is 1. The molecule has 0 radical (unpaired) electrons. The van der Waals surface area contributed by atoms with E-state index >= 15 is 0 Å². The zero-order valence-corrected chi connectivity index (χ0v) is 18.8. The van der Waals surface area contributed by atoms with Crippen molar-refractivity contribution >= 4 is 23.1 Å². The van der Waals surface area contributed by atoms with E-state index < -0.39 is 0 Å². The molecule has 0 aliphatic rings. The third-order valence-corrected chi connectivity index (χ3v) is 5.44. The number of aryl methyl sites for hydroxylation is 2. The van der Waals surface area contributed by atoms with E-state index in [0.717, 1.165) is 33.3 Å². The minimum atomic E-state index is -0.113. The molecule has 0 aliphatic carbocycles. The summed E-state index contributed by atoms with van der Waals surface area (Å²) in [4.78, 5) is 19.3. The number of rotatable bonds is 8. The molecule has 2 aromatic carbocycles. The third kappa shape index (κ3) is 6.32. The highest BCUT2D eigenvalue weighted by atomic mass is 32.1. The molecule has 158 valence electrons. The standard InChI is InChI=1S/C24H29N3O2S/c1-17(2)13-27(24(28)26-20-11-9-18(3)10-12-20)14-21-16-30-23(25-21)15-29-22-8-6-5-7-19(22)4/h5-12,16-17H,13-15H2,1-4H3,(H,26,28). The average Bonchev–Trinajstić information content (AvgIpc) is 3.15. The van der Waals surface area contributed by atoms with Gasteiger partial charge in [-0.05, 0) is 43.5 Å². The van der Waals surface area contributed by atoms with E-state index in [2.05, 4.69) is 24.1 Å². The van der Waals surface area contributed by atoms with Gasteiger partial charge in [-0.1, -0.05) is 49.7 Å². The van der Waals surface area contributed by atoms with Gasteiger partial charge in [0.25, 0.3) is 0 Å². The van der Waals surface area contributed by atoms with Crippen LogP contribution < -0.4 is 10.1 Å². The predicted molar refractivity (Wildman–Crippen MR) is 123 cm³/mol. The van der Waals surface area contributed by atoms with Crippen molar-refractivity contribution in [2.24, 2.45) is 5.92 Å². The van der Waals surface area contributed by atoms with E-state index in [1.165, 1.54) is 0 Å². The summed E-state index contributed by atoms with van der Waals surface area (Å²) in [6.45, 7) is 9.82. The van der Waals surface area contributed by atoms with Crippen LogP contribution in [0.5, 0.6) is 5.75 Å². The number of carbonyl (C=O) groups excluding carboxylic acids is 1. The Hall–Kier alpha value is -2.86. The summed E-state index contributed by atoms with van der Waals surface area (Å²) in [5.41, 5.74) is 3.94. The largest absolute Gasteiger partial charge is 0.486 e. The van der Waals surface area contributed by atoms with E-state index in [0.29, 0.717) is 25.6 Å². The second kappa shape index (κ2) is 10.3. The summed E-state index contributed by atoms with van der Waals surface area (Å²) in [6.07, 6.45) is 0. The van der Waals surface area contributed by atoms with Gasteiger partial charge in [-0.2, -0.15) is 0 Å². The zero-order chi connectivity index (χ0) is 21.5. The molecular formula is C24H29N3O2S. The lowest BCUT2D eigenvalue weighted by molar-refractivity contribution is 0.201. The predicted octanol–water partition coefficient (Wildman–Crippen LogP) is 6.03. The van der Waals surface area contributed by atoms with Gasteiger partial charge in [0.2, 0.25) is 0 Å². The molecule has 3 rings (SSSR count). The van der Waals surface area contributed by atoms with Crippen LogP contribution in [0, 0.1) is 19.8 Å². The van der Waals surface area contributed by atoms with Crippen LogP contribution in [-0.2, 0) is 13.2 Å². The summed E-state index contributed by atoms with van der Waals surface area (Å²) in [6, 6.07) is 15.7. The number of ether oxygens (including phenoxy) is 1. The van der Waals surface area contributed by atoms with E-state index in [4.69, 9.17) is 4.74 Å². The number of amides is 2.